The third-order valence-electron chi connectivity index (χ3n) is 3.08. The Morgan fingerprint density at radius 1 is 1.33 bits per heavy atom. The average Bonchev–Trinajstić information content (AvgIpc) is 3.19. The van der Waals surface area contributed by atoms with E-state index in [1.165, 1.54) is 0 Å². The molecule has 0 aliphatic heterocycles. The van der Waals surface area contributed by atoms with Crippen LogP contribution in [0.3, 0.4) is 0 Å². The van der Waals surface area contributed by atoms with Crippen LogP contribution < -0.4 is 5.73 Å². The largest absolute Gasteiger partial charge is 0.467 e. The molecule has 3 aromatic rings. The number of rotatable bonds is 5. The normalized spacial score (nSPS) is 10.7. The van der Waals surface area contributed by atoms with E-state index in [4.69, 9.17) is 10.2 Å². The molecule has 0 bridgehead atoms. The molecular weight excluding hydrogens is 286 g/mol. The molecule has 6 heteroatoms. The molecule has 108 valence electrons. The van der Waals surface area contributed by atoms with Crippen LogP contribution in [0.1, 0.15) is 21.1 Å². The highest BCUT2D eigenvalue weighted by atomic mass is 32.1. The van der Waals surface area contributed by atoms with Gasteiger partial charge in [0.1, 0.15) is 11.5 Å². The monoisotopic (exact) mass is 301 g/mol. The summed E-state index contributed by atoms with van der Waals surface area (Å²) < 4.78 is 5.35. The first-order valence-corrected chi connectivity index (χ1v) is 7.38. The van der Waals surface area contributed by atoms with Gasteiger partial charge in [-0.15, -0.1) is 11.3 Å². The third-order valence-corrected chi connectivity index (χ3v) is 3.94. The first-order valence-electron chi connectivity index (χ1n) is 6.50. The minimum Gasteiger partial charge on any atom is -0.467 e. The Morgan fingerprint density at radius 3 is 2.86 bits per heavy atom. The van der Waals surface area contributed by atoms with E-state index in [2.05, 4.69) is 4.98 Å². The lowest BCUT2D eigenvalue weighted by atomic mass is 10.3. The van der Waals surface area contributed by atoms with E-state index in [-0.39, 0.29) is 5.91 Å². The molecule has 0 saturated heterocycles. The first-order chi connectivity index (χ1) is 10.2. The molecule has 0 saturated carbocycles. The fourth-order valence-corrected chi connectivity index (χ4v) is 2.81. The van der Waals surface area contributed by atoms with Crippen LogP contribution in [0.15, 0.2) is 52.6 Å². The number of hydrogen-bond donors (Lipinski definition) is 2. The third kappa shape index (κ3) is 3.17. The molecule has 0 spiro atoms. The highest BCUT2D eigenvalue weighted by molar-refractivity contribution is 7.09. The molecule has 5 nitrogen and oxygen atoms in total. The van der Waals surface area contributed by atoms with Crippen molar-refractivity contribution in [3.8, 4) is 0 Å². The van der Waals surface area contributed by atoms with Gasteiger partial charge < -0.3 is 20.0 Å². The number of aromatic nitrogens is 1. The Balaban J connectivity index is 1.82. The summed E-state index contributed by atoms with van der Waals surface area (Å²) in [4.78, 5) is 18.4. The number of nitrogens with zero attached hydrogens (tertiary/aromatic N) is 1. The van der Waals surface area contributed by atoms with Gasteiger partial charge in [0.15, 0.2) is 0 Å². The van der Waals surface area contributed by atoms with E-state index >= 15 is 0 Å². The predicted octanol–water partition coefficient (Wildman–Crippen LogP) is 3.09. The fraction of sp³-hybridized carbons (Fsp3) is 0.133. The van der Waals surface area contributed by atoms with Crippen LogP contribution in [0.2, 0.25) is 0 Å². The molecule has 3 heterocycles. The van der Waals surface area contributed by atoms with Crippen molar-refractivity contribution in [3.05, 3.63) is 64.5 Å². The predicted molar refractivity (Wildman–Crippen MR) is 81.8 cm³/mol. The maximum absolute atomic E-state index is 12.6. The fourth-order valence-electron chi connectivity index (χ4n) is 2.09. The van der Waals surface area contributed by atoms with Crippen molar-refractivity contribution in [3.63, 3.8) is 0 Å². The Bertz CT molecular complexity index is 665. The van der Waals surface area contributed by atoms with Crippen molar-refractivity contribution in [2.24, 2.45) is 0 Å². The Labute approximate surface area is 126 Å². The lowest BCUT2D eigenvalue weighted by Crippen LogP contribution is -2.29. The van der Waals surface area contributed by atoms with Crippen molar-refractivity contribution in [2.45, 2.75) is 13.1 Å². The number of nitrogens with two attached hydrogens (primary N) is 1. The molecule has 0 radical (unpaired) electrons. The molecule has 0 fully saturated rings. The zero-order valence-electron chi connectivity index (χ0n) is 11.3. The quantitative estimate of drug-likeness (QED) is 0.760. The highest BCUT2D eigenvalue weighted by Crippen LogP contribution is 2.18. The number of H-pyrrole nitrogens is 1. The molecule has 3 N–H and O–H groups in total. The number of anilines is 1. The second kappa shape index (κ2) is 5.88. The number of amides is 1. The van der Waals surface area contributed by atoms with E-state index in [0.29, 0.717) is 24.5 Å². The minimum atomic E-state index is -0.100. The molecule has 0 atom stereocenters. The number of furan rings is 1. The van der Waals surface area contributed by atoms with Gasteiger partial charge in [0.05, 0.1) is 19.4 Å². The summed E-state index contributed by atoms with van der Waals surface area (Å²) in [6, 6.07) is 9.30. The lowest BCUT2D eigenvalue weighted by Gasteiger charge is -2.20. The molecule has 3 rings (SSSR count). The zero-order valence-corrected chi connectivity index (χ0v) is 12.1. The van der Waals surface area contributed by atoms with Crippen molar-refractivity contribution < 1.29 is 9.21 Å². The van der Waals surface area contributed by atoms with Crippen LogP contribution in [0.4, 0.5) is 5.69 Å². The summed E-state index contributed by atoms with van der Waals surface area (Å²) in [5.74, 6) is 0.649. The minimum absolute atomic E-state index is 0.100. The first kappa shape index (κ1) is 13.5. The SMILES string of the molecule is Nc1c[nH]c(C(=O)N(Cc2ccco2)Cc2cccs2)c1. The Hall–Kier alpha value is -2.47. The second-order valence-corrected chi connectivity index (χ2v) is 5.70. The summed E-state index contributed by atoms with van der Waals surface area (Å²) in [5.41, 5.74) is 6.70. The van der Waals surface area contributed by atoms with Gasteiger partial charge in [-0.25, -0.2) is 0 Å². The van der Waals surface area contributed by atoms with Crippen LogP contribution in [-0.2, 0) is 13.1 Å². The van der Waals surface area contributed by atoms with Crippen LogP contribution in [0.25, 0.3) is 0 Å². The topological polar surface area (TPSA) is 75.3 Å². The van der Waals surface area contributed by atoms with Gasteiger partial charge in [0.25, 0.3) is 5.91 Å². The van der Waals surface area contributed by atoms with E-state index < -0.39 is 0 Å². The van der Waals surface area contributed by atoms with Gasteiger partial charge in [-0.3, -0.25) is 4.79 Å². The van der Waals surface area contributed by atoms with Gasteiger partial charge in [-0.1, -0.05) is 6.07 Å². The molecule has 0 unspecified atom stereocenters. The van der Waals surface area contributed by atoms with Crippen LogP contribution in [-0.4, -0.2) is 15.8 Å². The number of aromatic amines is 1. The van der Waals surface area contributed by atoms with Crippen molar-refractivity contribution in [1.82, 2.24) is 9.88 Å². The van der Waals surface area contributed by atoms with Crippen LogP contribution in [0.5, 0.6) is 0 Å². The number of carbonyl (C=O) groups is 1. The number of carbonyl (C=O) groups excluding carboxylic acids is 1. The summed E-state index contributed by atoms with van der Waals surface area (Å²) in [6.07, 6.45) is 3.22. The summed E-state index contributed by atoms with van der Waals surface area (Å²) >= 11 is 1.62. The number of nitrogen functional groups attached to an aromatic ring is 1. The van der Waals surface area contributed by atoms with Crippen molar-refractivity contribution in [2.75, 3.05) is 5.73 Å². The lowest BCUT2D eigenvalue weighted by molar-refractivity contribution is 0.0714. The molecule has 0 aromatic carbocycles. The maximum Gasteiger partial charge on any atom is 0.271 e. The maximum atomic E-state index is 12.6. The molecular formula is C15H15N3O2S. The van der Waals surface area contributed by atoms with Gasteiger partial charge in [0.2, 0.25) is 0 Å². The standard InChI is InChI=1S/C15H15N3O2S/c16-11-7-14(17-8-11)15(19)18(9-12-3-1-5-20-12)10-13-4-2-6-21-13/h1-8,17H,9-10,16H2. The summed E-state index contributed by atoms with van der Waals surface area (Å²) in [5, 5.41) is 2.00. The van der Waals surface area contributed by atoms with Crippen LogP contribution in [0, 0.1) is 0 Å². The molecule has 0 aliphatic carbocycles. The molecule has 1 amide bonds. The van der Waals surface area contributed by atoms with Crippen LogP contribution >= 0.6 is 11.3 Å². The van der Waals surface area contributed by atoms with Crippen molar-refractivity contribution in [1.29, 1.82) is 0 Å². The van der Waals surface area contributed by atoms with E-state index in [0.717, 1.165) is 10.6 Å². The van der Waals surface area contributed by atoms with Gasteiger partial charge in [0, 0.05) is 16.8 Å². The number of nitrogens with one attached hydrogen (secondary N) is 1. The summed E-state index contributed by atoms with van der Waals surface area (Å²) in [7, 11) is 0. The van der Waals surface area contributed by atoms with E-state index in [1.54, 1.807) is 34.8 Å². The van der Waals surface area contributed by atoms with Gasteiger partial charge in [-0.2, -0.15) is 0 Å². The highest BCUT2D eigenvalue weighted by Gasteiger charge is 2.19. The molecule has 3 aromatic heterocycles. The molecule has 0 aliphatic rings. The van der Waals surface area contributed by atoms with E-state index in [9.17, 15) is 4.79 Å². The van der Waals surface area contributed by atoms with Crippen molar-refractivity contribution >= 4 is 22.9 Å². The second-order valence-electron chi connectivity index (χ2n) is 4.67. The number of thiophene rings is 1. The van der Waals surface area contributed by atoms with E-state index in [1.807, 2.05) is 29.6 Å². The smallest absolute Gasteiger partial charge is 0.271 e. The zero-order chi connectivity index (χ0) is 14.7. The Kier molecular flexibility index (Phi) is 3.79. The van der Waals surface area contributed by atoms with Gasteiger partial charge >= 0.3 is 0 Å². The molecule has 21 heavy (non-hydrogen) atoms. The number of hydrogen-bond acceptors (Lipinski definition) is 4. The van der Waals surface area contributed by atoms with Gasteiger partial charge in [-0.05, 0) is 29.6 Å². The summed E-state index contributed by atoms with van der Waals surface area (Å²) in [6.45, 7) is 0.957. The average molecular weight is 301 g/mol. The Morgan fingerprint density at radius 2 is 2.24 bits per heavy atom.